The summed E-state index contributed by atoms with van der Waals surface area (Å²) in [7, 11) is 1.73. The molecule has 1 heterocycles. The average Bonchev–Trinajstić information content (AvgIpc) is 2.73. The lowest BCUT2D eigenvalue weighted by Gasteiger charge is -2.13. The minimum Gasteiger partial charge on any atom is -0.389 e. The van der Waals surface area contributed by atoms with Gasteiger partial charge in [-0.3, -0.25) is 4.68 Å². The number of benzene rings is 1. The first-order valence-corrected chi connectivity index (χ1v) is 5.96. The van der Waals surface area contributed by atoms with Gasteiger partial charge in [0.05, 0.1) is 5.56 Å². The molecule has 20 heavy (non-hydrogen) atoms. The number of nitrogens with two attached hydrogens (primary N) is 1. The van der Waals surface area contributed by atoms with Crippen molar-refractivity contribution in [2.75, 3.05) is 5.32 Å². The lowest BCUT2D eigenvalue weighted by molar-refractivity contribution is -0.137. The first-order chi connectivity index (χ1) is 9.27. The van der Waals surface area contributed by atoms with Gasteiger partial charge in [-0.1, -0.05) is 12.2 Å². The van der Waals surface area contributed by atoms with Crippen LogP contribution < -0.4 is 11.1 Å². The Morgan fingerprint density at radius 2 is 2.05 bits per heavy atom. The molecule has 0 saturated heterocycles. The molecular weight excluding hydrogens is 289 g/mol. The van der Waals surface area contributed by atoms with Gasteiger partial charge in [-0.2, -0.15) is 18.3 Å². The van der Waals surface area contributed by atoms with Crippen molar-refractivity contribution >= 4 is 28.7 Å². The Labute approximate surface area is 118 Å². The number of hydrogen-bond acceptors (Lipinski definition) is 3. The average molecular weight is 300 g/mol. The van der Waals surface area contributed by atoms with Crippen LogP contribution in [0.4, 0.5) is 24.7 Å². The number of aryl methyl sites for hydroxylation is 1. The summed E-state index contributed by atoms with van der Waals surface area (Å²) in [5, 5.41) is 6.96. The SMILES string of the molecule is Cn1ccc(Nc2ccc(C(F)(F)F)cc2C(N)=S)n1. The van der Waals surface area contributed by atoms with Crippen LogP contribution in [0.25, 0.3) is 0 Å². The van der Waals surface area contributed by atoms with Crippen molar-refractivity contribution in [3.05, 3.63) is 41.6 Å². The molecule has 106 valence electrons. The highest BCUT2D eigenvalue weighted by molar-refractivity contribution is 7.80. The minimum absolute atomic E-state index is 0.116. The second-order valence-corrected chi connectivity index (χ2v) is 4.56. The van der Waals surface area contributed by atoms with E-state index in [2.05, 4.69) is 10.4 Å². The zero-order chi connectivity index (χ0) is 14.9. The van der Waals surface area contributed by atoms with Crippen LogP contribution in [0.3, 0.4) is 0 Å². The molecule has 0 saturated carbocycles. The Morgan fingerprint density at radius 1 is 1.35 bits per heavy atom. The second-order valence-electron chi connectivity index (χ2n) is 4.12. The highest BCUT2D eigenvalue weighted by atomic mass is 32.1. The summed E-state index contributed by atoms with van der Waals surface area (Å²) in [5.74, 6) is 0.491. The minimum atomic E-state index is -4.44. The Morgan fingerprint density at radius 3 is 2.55 bits per heavy atom. The van der Waals surface area contributed by atoms with Crippen LogP contribution in [0.1, 0.15) is 11.1 Å². The van der Waals surface area contributed by atoms with Gasteiger partial charge in [0, 0.05) is 30.6 Å². The number of aromatic nitrogens is 2. The highest BCUT2D eigenvalue weighted by Crippen LogP contribution is 2.32. The molecule has 0 unspecified atom stereocenters. The van der Waals surface area contributed by atoms with Gasteiger partial charge in [-0.15, -0.1) is 0 Å². The summed E-state index contributed by atoms with van der Waals surface area (Å²) < 4.78 is 39.6. The fourth-order valence-corrected chi connectivity index (χ4v) is 1.82. The topological polar surface area (TPSA) is 55.9 Å². The third-order valence-electron chi connectivity index (χ3n) is 2.59. The molecule has 0 aliphatic rings. The van der Waals surface area contributed by atoms with Crippen molar-refractivity contribution in [1.29, 1.82) is 0 Å². The third kappa shape index (κ3) is 3.08. The van der Waals surface area contributed by atoms with Crippen LogP contribution in [0, 0.1) is 0 Å². The van der Waals surface area contributed by atoms with Crippen LogP contribution in [0.2, 0.25) is 0 Å². The van der Waals surface area contributed by atoms with Crippen LogP contribution in [-0.2, 0) is 13.2 Å². The summed E-state index contributed by atoms with van der Waals surface area (Å²) >= 11 is 4.80. The zero-order valence-electron chi connectivity index (χ0n) is 10.4. The van der Waals surface area contributed by atoms with E-state index in [1.807, 2.05) is 0 Å². The maximum atomic E-state index is 12.7. The molecule has 0 spiro atoms. The van der Waals surface area contributed by atoms with Gasteiger partial charge in [-0.25, -0.2) is 0 Å². The Kier molecular flexibility index (Phi) is 3.67. The Hall–Kier alpha value is -2.09. The van der Waals surface area contributed by atoms with E-state index in [0.29, 0.717) is 11.5 Å². The fraction of sp³-hybridized carbons (Fsp3) is 0.167. The molecule has 8 heteroatoms. The number of alkyl halides is 3. The molecule has 2 rings (SSSR count). The van der Waals surface area contributed by atoms with E-state index in [1.54, 1.807) is 24.0 Å². The molecule has 0 fully saturated rings. The normalized spacial score (nSPS) is 11.4. The van der Waals surface area contributed by atoms with Crippen molar-refractivity contribution in [3.8, 4) is 0 Å². The number of halogens is 3. The molecule has 0 radical (unpaired) electrons. The van der Waals surface area contributed by atoms with Crippen molar-refractivity contribution in [2.45, 2.75) is 6.18 Å². The Bertz CT molecular complexity index is 648. The number of thiocarbonyl (C=S) groups is 1. The fourth-order valence-electron chi connectivity index (χ4n) is 1.65. The smallest absolute Gasteiger partial charge is 0.389 e. The van der Waals surface area contributed by atoms with Gasteiger partial charge in [0.15, 0.2) is 5.82 Å². The number of hydrogen-bond donors (Lipinski definition) is 2. The van der Waals surface area contributed by atoms with Gasteiger partial charge in [0.25, 0.3) is 0 Å². The number of nitrogens with zero attached hydrogens (tertiary/aromatic N) is 2. The lowest BCUT2D eigenvalue weighted by Crippen LogP contribution is -2.14. The molecule has 3 N–H and O–H groups in total. The van der Waals surface area contributed by atoms with E-state index in [-0.39, 0.29) is 10.6 Å². The standard InChI is InChI=1S/C12H11F3N4S/c1-19-5-4-10(18-19)17-9-3-2-7(12(13,14)15)6-8(9)11(16)20/h2-6H,1H3,(H2,16,20)(H,17,18). The highest BCUT2D eigenvalue weighted by Gasteiger charge is 2.31. The molecule has 1 aromatic carbocycles. The van der Waals surface area contributed by atoms with Crippen molar-refractivity contribution in [3.63, 3.8) is 0 Å². The summed E-state index contributed by atoms with van der Waals surface area (Å²) in [6.07, 6.45) is -2.74. The van der Waals surface area contributed by atoms with Gasteiger partial charge < -0.3 is 11.1 Å². The maximum Gasteiger partial charge on any atom is 0.416 e. The van der Waals surface area contributed by atoms with E-state index >= 15 is 0 Å². The molecular formula is C12H11F3N4S. The lowest BCUT2D eigenvalue weighted by atomic mass is 10.1. The number of anilines is 2. The van der Waals surface area contributed by atoms with E-state index < -0.39 is 11.7 Å². The van der Waals surface area contributed by atoms with Crippen LogP contribution in [0.5, 0.6) is 0 Å². The number of nitrogens with one attached hydrogen (secondary N) is 1. The summed E-state index contributed by atoms with van der Waals surface area (Å²) in [6, 6.07) is 4.85. The second kappa shape index (κ2) is 5.12. The maximum absolute atomic E-state index is 12.7. The molecule has 0 amide bonds. The van der Waals surface area contributed by atoms with Crippen molar-refractivity contribution in [1.82, 2.24) is 9.78 Å². The van der Waals surface area contributed by atoms with Gasteiger partial charge >= 0.3 is 6.18 Å². The summed E-state index contributed by atoms with van der Waals surface area (Å²) in [4.78, 5) is -0.116. The quantitative estimate of drug-likeness (QED) is 0.856. The van der Waals surface area contributed by atoms with E-state index in [1.165, 1.54) is 6.07 Å². The Balaban J connectivity index is 2.40. The summed E-state index contributed by atoms with van der Waals surface area (Å²) in [5.41, 5.74) is 5.19. The van der Waals surface area contributed by atoms with Crippen molar-refractivity contribution < 1.29 is 13.2 Å². The molecule has 0 atom stereocenters. The van der Waals surface area contributed by atoms with E-state index in [9.17, 15) is 13.2 Å². The van der Waals surface area contributed by atoms with Gasteiger partial charge in [0.1, 0.15) is 4.99 Å². The first kappa shape index (κ1) is 14.3. The molecule has 2 aromatic rings. The van der Waals surface area contributed by atoms with Crippen LogP contribution >= 0.6 is 12.2 Å². The zero-order valence-corrected chi connectivity index (χ0v) is 11.2. The largest absolute Gasteiger partial charge is 0.416 e. The molecule has 4 nitrogen and oxygen atoms in total. The molecule has 0 aliphatic carbocycles. The predicted molar refractivity (Wildman–Crippen MR) is 73.8 cm³/mol. The van der Waals surface area contributed by atoms with Crippen LogP contribution in [-0.4, -0.2) is 14.8 Å². The number of rotatable bonds is 3. The van der Waals surface area contributed by atoms with Crippen molar-refractivity contribution in [2.24, 2.45) is 12.8 Å². The third-order valence-corrected chi connectivity index (χ3v) is 2.81. The molecule has 1 aromatic heterocycles. The molecule has 0 aliphatic heterocycles. The molecule has 0 bridgehead atoms. The van der Waals surface area contributed by atoms with Gasteiger partial charge in [0.2, 0.25) is 0 Å². The van der Waals surface area contributed by atoms with E-state index in [4.69, 9.17) is 18.0 Å². The van der Waals surface area contributed by atoms with E-state index in [0.717, 1.165) is 12.1 Å². The van der Waals surface area contributed by atoms with Crippen LogP contribution in [0.15, 0.2) is 30.5 Å². The summed E-state index contributed by atoms with van der Waals surface area (Å²) in [6.45, 7) is 0. The first-order valence-electron chi connectivity index (χ1n) is 5.55. The predicted octanol–water partition coefficient (Wildman–Crippen LogP) is 2.82. The van der Waals surface area contributed by atoms with Gasteiger partial charge in [-0.05, 0) is 18.2 Å². The monoisotopic (exact) mass is 300 g/mol.